The summed E-state index contributed by atoms with van der Waals surface area (Å²) >= 11 is 0. The molecular weight excluding hydrogens is 596 g/mol. The number of esters is 1. The van der Waals surface area contributed by atoms with Crippen molar-refractivity contribution in [1.82, 2.24) is 15.3 Å². The number of nitro groups is 1. The summed E-state index contributed by atoms with van der Waals surface area (Å²) in [5.41, 5.74) is 1.58. The van der Waals surface area contributed by atoms with Crippen LogP contribution in [0.15, 0.2) is 53.4 Å². The summed E-state index contributed by atoms with van der Waals surface area (Å²) in [4.78, 5) is 56.4. The van der Waals surface area contributed by atoms with Gasteiger partial charge in [0.25, 0.3) is 10.0 Å². The number of carbonyl (C=O) groups excluding carboxylic acids is 3. The standard InChI is InChI=1S/C28H32N6O9S/c1-5-43-27(37)22(15-19-6-11-24(42-4)23(16-19)34(38)39)32-26(36)13-12-25(35)31-20-7-9-21(10-8-20)44(40,41)33-28-29-17(2)14-18(3)30-28/h6-11,14,16,22H,5,12-13,15H2,1-4H3,(H,31,35)(H,32,36)(H,29,30,33). The highest BCUT2D eigenvalue weighted by Crippen LogP contribution is 2.28. The Bertz CT molecular complexity index is 1630. The van der Waals surface area contributed by atoms with E-state index in [-0.39, 0.29) is 48.2 Å². The van der Waals surface area contributed by atoms with Gasteiger partial charge >= 0.3 is 11.7 Å². The van der Waals surface area contributed by atoms with Gasteiger partial charge in [-0.1, -0.05) is 6.07 Å². The van der Waals surface area contributed by atoms with Crippen LogP contribution in [-0.4, -0.2) is 60.9 Å². The molecule has 1 heterocycles. The summed E-state index contributed by atoms with van der Waals surface area (Å²) in [5.74, 6) is -1.91. The van der Waals surface area contributed by atoms with Gasteiger partial charge in [-0.05, 0) is 62.7 Å². The van der Waals surface area contributed by atoms with Gasteiger partial charge < -0.3 is 20.1 Å². The lowest BCUT2D eigenvalue weighted by molar-refractivity contribution is -0.385. The van der Waals surface area contributed by atoms with Crippen LogP contribution in [-0.2, 0) is 35.6 Å². The molecule has 2 aromatic carbocycles. The molecule has 0 spiro atoms. The molecular formula is C28H32N6O9S. The van der Waals surface area contributed by atoms with Crippen molar-refractivity contribution in [3.63, 3.8) is 0 Å². The molecule has 3 aromatic rings. The molecule has 3 rings (SSSR count). The summed E-state index contributed by atoms with van der Waals surface area (Å²) in [6.45, 7) is 5.07. The van der Waals surface area contributed by atoms with E-state index < -0.39 is 38.8 Å². The largest absolute Gasteiger partial charge is 0.490 e. The van der Waals surface area contributed by atoms with Crippen LogP contribution < -0.4 is 20.1 Å². The van der Waals surface area contributed by atoms with Crippen molar-refractivity contribution in [2.75, 3.05) is 23.8 Å². The first kappa shape index (κ1) is 33.4. The van der Waals surface area contributed by atoms with Crippen LogP contribution in [0.3, 0.4) is 0 Å². The molecule has 15 nitrogen and oxygen atoms in total. The second-order valence-electron chi connectivity index (χ2n) is 9.49. The topological polar surface area (TPSA) is 209 Å². The van der Waals surface area contributed by atoms with Gasteiger partial charge in [-0.15, -0.1) is 0 Å². The number of ether oxygens (including phenoxy) is 2. The third-order valence-corrected chi connectivity index (χ3v) is 7.37. The van der Waals surface area contributed by atoms with E-state index in [9.17, 15) is 32.9 Å². The molecule has 1 aromatic heterocycles. The lowest BCUT2D eigenvalue weighted by Gasteiger charge is -2.17. The fraction of sp³-hybridized carbons (Fsp3) is 0.321. The van der Waals surface area contributed by atoms with E-state index in [0.29, 0.717) is 22.6 Å². The fourth-order valence-corrected chi connectivity index (χ4v) is 5.01. The molecule has 1 unspecified atom stereocenters. The average Bonchev–Trinajstić information content (AvgIpc) is 2.95. The van der Waals surface area contributed by atoms with E-state index in [1.165, 1.54) is 49.6 Å². The zero-order valence-electron chi connectivity index (χ0n) is 24.4. The maximum atomic E-state index is 12.7. The third-order valence-electron chi connectivity index (χ3n) is 6.02. The zero-order valence-corrected chi connectivity index (χ0v) is 25.3. The number of carbonyl (C=O) groups is 3. The number of amides is 2. The van der Waals surface area contributed by atoms with Crippen molar-refractivity contribution in [1.29, 1.82) is 0 Å². The first-order valence-electron chi connectivity index (χ1n) is 13.3. The summed E-state index contributed by atoms with van der Waals surface area (Å²) in [6.07, 6.45) is -0.626. The minimum atomic E-state index is -3.99. The lowest BCUT2D eigenvalue weighted by atomic mass is 10.0. The van der Waals surface area contributed by atoms with E-state index in [2.05, 4.69) is 25.3 Å². The van der Waals surface area contributed by atoms with Crippen LogP contribution in [0.1, 0.15) is 36.7 Å². The predicted molar refractivity (Wildman–Crippen MR) is 159 cm³/mol. The number of benzene rings is 2. The van der Waals surface area contributed by atoms with Gasteiger partial charge in [0.2, 0.25) is 17.8 Å². The molecule has 0 saturated heterocycles. The molecule has 0 radical (unpaired) electrons. The first-order chi connectivity index (χ1) is 20.8. The van der Waals surface area contributed by atoms with Gasteiger partial charge in [-0.3, -0.25) is 19.7 Å². The quantitative estimate of drug-likeness (QED) is 0.134. The third kappa shape index (κ3) is 9.45. The number of anilines is 2. The number of rotatable bonds is 14. The highest BCUT2D eigenvalue weighted by Gasteiger charge is 2.25. The van der Waals surface area contributed by atoms with Crippen molar-refractivity contribution >= 4 is 45.1 Å². The SMILES string of the molecule is CCOC(=O)C(Cc1ccc(OC)c([N+](=O)[O-])c1)NC(=O)CCC(=O)Nc1ccc(S(=O)(=O)Nc2nc(C)cc(C)n2)cc1. The Hall–Kier alpha value is -5.12. The highest BCUT2D eigenvalue weighted by molar-refractivity contribution is 7.92. The number of aryl methyl sites for hydroxylation is 2. The van der Waals surface area contributed by atoms with E-state index in [1.54, 1.807) is 26.8 Å². The molecule has 0 bridgehead atoms. The Morgan fingerprint density at radius 2 is 1.61 bits per heavy atom. The van der Waals surface area contributed by atoms with Gasteiger partial charge in [-0.25, -0.2) is 27.9 Å². The van der Waals surface area contributed by atoms with E-state index in [0.717, 1.165) is 0 Å². The minimum Gasteiger partial charge on any atom is -0.490 e. The van der Waals surface area contributed by atoms with E-state index in [4.69, 9.17) is 9.47 Å². The molecule has 0 aliphatic heterocycles. The molecule has 3 N–H and O–H groups in total. The van der Waals surface area contributed by atoms with Crippen molar-refractivity contribution in [3.05, 3.63) is 75.6 Å². The molecule has 1 atom stereocenters. The Balaban J connectivity index is 1.58. The molecule has 16 heteroatoms. The lowest BCUT2D eigenvalue weighted by Crippen LogP contribution is -2.43. The summed E-state index contributed by atoms with van der Waals surface area (Å²) in [5, 5.41) is 16.5. The van der Waals surface area contributed by atoms with Gasteiger partial charge in [-0.2, -0.15) is 0 Å². The summed E-state index contributed by atoms with van der Waals surface area (Å²) in [6, 6.07) is 10.1. The van der Waals surface area contributed by atoms with Crippen molar-refractivity contribution in [2.24, 2.45) is 0 Å². The van der Waals surface area contributed by atoms with Crippen LogP contribution in [0.4, 0.5) is 17.3 Å². The van der Waals surface area contributed by atoms with Gasteiger partial charge in [0.1, 0.15) is 6.04 Å². The molecule has 0 fully saturated rings. The number of methoxy groups -OCH3 is 1. The second-order valence-corrected chi connectivity index (χ2v) is 11.2. The summed E-state index contributed by atoms with van der Waals surface area (Å²) < 4.78 is 37.8. The Morgan fingerprint density at radius 3 is 2.20 bits per heavy atom. The van der Waals surface area contributed by atoms with Crippen LogP contribution >= 0.6 is 0 Å². The second kappa shape index (κ2) is 14.9. The maximum Gasteiger partial charge on any atom is 0.328 e. The number of nitrogens with one attached hydrogen (secondary N) is 3. The Labute approximate surface area is 253 Å². The number of sulfonamides is 1. The van der Waals surface area contributed by atoms with Crippen molar-refractivity contribution in [3.8, 4) is 5.75 Å². The van der Waals surface area contributed by atoms with Crippen LogP contribution in [0, 0.1) is 24.0 Å². The van der Waals surface area contributed by atoms with Gasteiger partial charge in [0, 0.05) is 42.4 Å². The van der Waals surface area contributed by atoms with E-state index >= 15 is 0 Å². The average molecular weight is 629 g/mol. The molecule has 44 heavy (non-hydrogen) atoms. The predicted octanol–water partition coefficient (Wildman–Crippen LogP) is 2.82. The van der Waals surface area contributed by atoms with Crippen LogP contribution in [0.5, 0.6) is 5.75 Å². The Kier molecular flexibility index (Phi) is 11.3. The smallest absolute Gasteiger partial charge is 0.328 e. The molecule has 0 aliphatic carbocycles. The molecule has 0 saturated carbocycles. The molecule has 0 aliphatic rings. The minimum absolute atomic E-state index is 0.0429. The van der Waals surface area contributed by atoms with Crippen molar-refractivity contribution < 1.29 is 37.2 Å². The molecule has 234 valence electrons. The van der Waals surface area contributed by atoms with Crippen LogP contribution in [0.2, 0.25) is 0 Å². The van der Waals surface area contributed by atoms with E-state index in [1.807, 2.05) is 0 Å². The normalized spacial score (nSPS) is 11.6. The maximum absolute atomic E-state index is 12.7. The number of nitro benzene ring substituents is 1. The monoisotopic (exact) mass is 628 g/mol. The number of aromatic nitrogens is 2. The van der Waals surface area contributed by atoms with Crippen LogP contribution in [0.25, 0.3) is 0 Å². The fourth-order valence-electron chi connectivity index (χ4n) is 4.06. The summed E-state index contributed by atoms with van der Waals surface area (Å²) in [7, 11) is -2.69. The zero-order chi connectivity index (χ0) is 32.4. The Morgan fingerprint density at radius 1 is 0.977 bits per heavy atom. The number of hydrogen-bond donors (Lipinski definition) is 3. The number of hydrogen-bond acceptors (Lipinski definition) is 11. The number of nitrogens with zero attached hydrogens (tertiary/aromatic N) is 3. The van der Waals surface area contributed by atoms with Crippen molar-refractivity contribution in [2.45, 2.75) is 51.0 Å². The molecule has 2 amide bonds. The highest BCUT2D eigenvalue weighted by atomic mass is 32.2. The van der Waals surface area contributed by atoms with Gasteiger partial charge in [0.05, 0.1) is 23.5 Å². The van der Waals surface area contributed by atoms with Gasteiger partial charge in [0.15, 0.2) is 5.75 Å². The first-order valence-corrected chi connectivity index (χ1v) is 14.8.